The zero-order valence-electron chi connectivity index (χ0n) is 10.2. The highest BCUT2D eigenvalue weighted by atomic mass is 14.9. The number of rotatable bonds is 2. The van der Waals surface area contributed by atoms with Crippen molar-refractivity contribution in [1.29, 1.82) is 0 Å². The molecule has 0 aliphatic carbocycles. The molecule has 0 bridgehead atoms. The van der Waals surface area contributed by atoms with Crippen LogP contribution in [0, 0.1) is 0 Å². The van der Waals surface area contributed by atoms with Crippen molar-refractivity contribution in [2.24, 2.45) is 12.8 Å². The van der Waals surface area contributed by atoms with Gasteiger partial charge < -0.3 is 10.3 Å². The summed E-state index contributed by atoms with van der Waals surface area (Å²) in [6.07, 6.45) is 5.69. The summed E-state index contributed by atoms with van der Waals surface area (Å²) < 4.78 is 2.11. The van der Waals surface area contributed by atoms with Crippen LogP contribution in [0.1, 0.15) is 17.2 Å². The van der Waals surface area contributed by atoms with E-state index in [-0.39, 0.29) is 6.04 Å². The lowest BCUT2D eigenvalue weighted by atomic mass is 10.0. The van der Waals surface area contributed by atoms with Crippen molar-refractivity contribution in [2.45, 2.75) is 6.04 Å². The molecule has 0 spiro atoms. The summed E-state index contributed by atoms with van der Waals surface area (Å²) >= 11 is 0. The van der Waals surface area contributed by atoms with Crippen LogP contribution in [0.4, 0.5) is 0 Å². The largest absolute Gasteiger partial charge is 0.350 e. The smallest absolute Gasteiger partial charge is 0.0588 e. The number of fused-ring (bicyclic) bond motifs is 1. The molecule has 0 amide bonds. The number of benzene rings is 1. The maximum atomic E-state index is 6.34. The Hall–Kier alpha value is -2.13. The van der Waals surface area contributed by atoms with Gasteiger partial charge in [-0.3, -0.25) is 4.98 Å². The first-order chi connectivity index (χ1) is 8.77. The van der Waals surface area contributed by atoms with E-state index in [0.29, 0.717) is 0 Å². The number of aromatic nitrogens is 2. The minimum absolute atomic E-state index is 0.134. The molecule has 3 aromatic rings. The summed E-state index contributed by atoms with van der Waals surface area (Å²) in [6.45, 7) is 0. The monoisotopic (exact) mass is 237 g/mol. The Kier molecular flexibility index (Phi) is 2.61. The van der Waals surface area contributed by atoms with Gasteiger partial charge in [0.2, 0.25) is 0 Å². The molecule has 3 heteroatoms. The van der Waals surface area contributed by atoms with Crippen molar-refractivity contribution in [3.63, 3.8) is 0 Å². The SMILES string of the molecule is Cn1cc(C(N)c2cccnc2)c2ccccc21. The first-order valence-corrected chi connectivity index (χ1v) is 5.97. The lowest BCUT2D eigenvalue weighted by Crippen LogP contribution is -2.11. The third kappa shape index (κ3) is 1.69. The van der Waals surface area contributed by atoms with Crippen LogP contribution in [0.25, 0.3) is 10.9 Å². The van der Waals surface area contributed by atoms with E-state index in [4.69, 9.17) is 5.73 Å². The van der Waals surface area contributed by atoms with Crippen LogP contribution in [0.2, 0.25) is 0 Å². The minimum atomic E-state index is -0.134. The summed E-state index contributed by atoms with van der Waals surface area (Å²) in [5.74, 6) is 0. The van der Waals surface area contributed by atoms with Crippen LogP contribution in [0.15, 0.2) is 55.0 Å². The van der Waals surface area contributed by atoms with E-state index in [1.54, 1.807) is 6.20 Å². The topological polar surface area (TPSA) is 43.8 Å². The predicted molar refractivity (Wildman–Crippen MR) is 73.2 cm³/mol. The second kappa shape index (κ2) is 4.27. The van der Waals surface area contributed by atoms with Crippen molar-refractivity contribution in [2.75, 3.05) is 0 Å². The quantitative estimate of drug-likeness (QED) is 0.744. The van der Waals surface area contributed by atoms with Crippen LogP contribution in [-0.4, -0.2) is 9.55 Å². The number of hydrogen-bond acceptors (Lipinski definition) is 2. The van der Waals surface area contributed by atoms with Gasteiger partial charge in [0.25, 0.3) is 0 Å². The van der Waals surface area contributed by atoms with Crippen molar-refractivity contribution in [1.82, 2.24) is 9.55 Å². The van der Waals surface area contributed by atoms with E-state index in [1.807, 2.05) is 37.5 Å². The molecular weight excluding hydrogens is 222 g/mol. The fourth-order valence-electron chi connectivity index (χ4n) is 2.36. The molecule has 0 saturated heterocycles. The summed E-state index contributed by atoms with van der Waals surface area (Å²) in [5, 5.41) is 1.20. The molecule has 1 aromatic carbocycles. The summed E-state index contributed by atoms with van der Waals surface area (Å²) in [5.41, 5.74) is 9.72. The zero-order valence-corrected chi connectivity index (χ0v) is 10.2. The highest BCUT2D eigenvalue weighted by Gasteiger charge is 2.14. The van der Waals surface area contributed by atoms with Crippen molar-refractivity contribution in [3.8, 4) is 0 Å². The Morgan fingerprint density at radius 2 is 2.00 bits per heavy atom. The van der Waals surface area contributed by atoms with Crippen molar-refractivity contribution >= 4 is 10.9 Å². The standard InChI is InChI=1S/C15H15N3/c1-18-10-13(12-6-2-3-7-14(12)18)15(16)11-5-4-8-17-9-11/h2-10,15H,16H2,1H3. The average molecular weight is 237 g/mol. The Labute approximate surface area is 106 Å². The third-order valence-corrected chi connectivity index (χ3v) is 3.31. The summed E-state index contributed by atoms with van der Waals surface area (Å²) in [4.78, 5) is 4.13. The Balaban J connectivity index is 2.15. The van der Waals surface area contributed by atoms with Crippen LogP contribution in [-0.2, 0) is 7.05 Å². The number of nitrogens with zero attached hydrogens (tertiary/aromatic N) is 2. The van der Waals surface area contributed by atoms with Gasteiger partial charge in [-0.15, -0.1) is 0 Å². The van der Waals surface area contributed by atoms with Gasteiger partial charge in [0, 0.05) is 36.5 Å². The van der Waals surface area contributed by atoms with Gasteiger partial charge in [-0.25, -0.2) is 0 Å². The molecule has 0 saturated carbocycles. The van der Waals surface area contributed by atoms with Gasteiger partial charge in [-0.2, -0.15) is 0 Å². The molecule has 3 rings (SSSR count). The maximum Gasteiger partial charge on any atom is 0.0588 e. The minimum Gasteiger partial charge on any atom is -0.350 e. The number of nitrogens with two attached hydrogens (primary N) is 1. The molecule has 0 aliphatic heterocycles. The second-order valence-corrected chi connectivity index (χ2v) is 4.48. The molecule has 2 N–H and O–H groups in total. The van der Waals surface area contributed by atoms with E-state index in [9.17, 15) is 0 Å². The van der Waals surface area contributed by atoms with Gasteiger partial charge in [0.1, 0.15) is 0 Å². The van der Waals surface area contributed by atoms with Gasteiger partial charge in [-0.05, 0) is 23.3 Å². The van der Waals surface area contributed by atoms with E-state index in [1.165, 1.54) is 10.9 Å². The Bertz CT molecular complexity index is 671. The van der Waals surface area contributed by atoms with E-state index < -0.39 is 0 Å². The van der Waals surface area contributed by atoms with Gasteiger partial charge in [0.15, 0.2) is 0 Å². The van der Waals surface area contributed by atoms with Crippen molar-refractivity contribution < 1.29 is 0 Å². The number of hydrogen-bond donors (Lipinski definition) is 1. The first kappa shape index (κ1) is 11.0. The molecular formula is C15H15N3. The molecule has 3 nitrogen and oxygen atoms in total. The molecule has 1 atom stereocenters. The molecule has 0 radical (unpaired) electrons. The molecule has 18 heavy (non-hydrogen) atoms. The Morgan fingerprint density at radius 3 is 2.78 bits per heavy atom. The third-order valence-electron chi connectivity index (χ3n) is 3.31. The molecule has 2 heterocycles. The molecule has 2 aromatic heterocycles. The number of pyridine rings is 1. The fourth-order valence-corrected chi connectivity index (χ4v) is 2.36. The van der Waals surface area contributed by atoms with Gasteiger partial charge in [0.05, 0.1) is 6.04 Å². The predicted octanol–water partition coefficient (Wildman–Crippen LogP) is 2.62. The van der Waals surface area contributed by atoms with Crippen LogP contribution in [0.3, 0.4) is 0 Å². The highest BCUT2D eigenvalue weighted by Crippen LogP contribution is 2.28. The van der Waals surface area contributed by atoms with Crippen molar-refractivity contribution in [3.05, 3.63) is 66.1 Å². The number of aryl methyl sites for hydroxylation is 1. The van der Waals surface area contributed by atoms with E-state index in [2.05, 4.69) is 27.9 Å². The van der Waals surface area contributed by atoms with Gasteiger partial charge in [-0.1, -0.05) is 24.3 Å². The first-order valence-electron chi connectivity index (χ1n) is 5.97. The highest BCUT2D eigenvalue weighted by molar-refractivity contribution is 5.84. The zero-order chi connectivity index (χ0) is 12.5. The average Bonchev–Trinajstić information content (AvgIpc) is 2.77. The maximum absolute atomic E-state index is 6.34. The van der Waals surface area contributed by atoms with Crippen LogP contribution < -0.4 is 5.73 Å². The molecule has 0 fully saturated rings. The normalized spacial score (nSPS) is 12.8. The summed E-state index contributed by atoms with van der Waals surface area (Å²) in [7, 11) is 2.04. The second-order valence-electron chi connectivity index (χ2n) is 4.48. The molecule has 90 valence electrons. The lowest BCUT2D eigenvalue weighted by Gasteiger charge is -2.10. The fraction of sp³-hybridized carbons (Fsp3) is 0.133. The molecule has 1 unspecified atom stereocenters. The summed E-state index contributed by atoms with van der Waals surface area (Å²) in [6, 6.07) is 12.1. The number of para-hydroxylation sites is 1. The van der Waals surface area contributed by atoms with Crippen LogP contribution in [0.5, 0.6) is 0 Å². The lowest BCUT2D eigenvalue weighted by molar-refractivity contribution is 0.855. The molecule has 0 aliphatic rings. The van der Waals surface area contributed by atoms with E-state index >= 15 is 0 Å². The van der Waals surface area contributed by atoms with E-state index in [0.717, 1.165) is 11.1 Å². The van der Waals surface area contributed by atoms with Gasteiger partial charge >= 0.3 is 0 Å². The van der Waals surface area contributed by atoms with Crippen LogP contribution >= 0.6 is 0 Å². The Morgan fingerprint density at radius 1 is 1.17 bits per heavy atom.